The molecule has 0 bridgehead atoms. The third kappa shape index (κ3) is 1.12. The van der Waals surface area contributed by atoms with Crippen molar-refractivity contribution in [3.63, 3.8) is 0 Å². The van der Waals surface area contributed by atoms with Crippen molar-refractivity contribution in [3.8, 4) is 0 Å². The van der Waals surface area contributed by atoms with Gasteiger partial charge in [-0.1, -0.05) is 12.8 Å². The highest BCUT2D eigenvalue weighted by Crippen LogP contribution is 2.47. The van der Waals surface area contributed by atoms with Gasteiger partial charge in [-0.25, -0.2) is 0 Å². The Bertz CT molecular complexity index is 413. The molecule has 80 valence electrons. The van der Waals surface area contributed by atoms with Crippen LogP contribution in [0.1, 0.15) is 48.2 Å². The Labute approximate surface area is 89.5 Å². The van der Waals surface area contributed by atoms with E-state index in [-0.39, 0.29) is 5.41 Å². The minimum atomic E-state index is -0.00394. The minimum absolute atomic E-state index is 0.00394. The first kappa shape index (κ1) is 9.13. The van der Waals surface area contributed by atoms with E-state index in [1.165, 1.54) is 12.8 Å². The van der Waals surface area contributed by atoms with Crippen LogP contribution in [0.25, 0.3) is 0 Å². The number of hydrogen-bond donors (Lipinski definition) is 0. The number of fused-ring (bicyclic) bond motifs is 1. The van der Waals surface area contributed by atoms with Crippen molar-refractivity contribution < 1.29 is 4.79 Å². The first-order chi connectivity index (χ1) is 7.23. The summed E-state index contributed by atoms with van der Waals surface area (Å²) in [7, 11) is 1.93. The number of aromatic nitrogens is 2. The van der Waals surface area contributed by atoms with Crippen LogP contribution >= 0.6 is 0 Å². The zero-order valence-corrected chi connectivity index (χ0v) is 9.12. The molecule has 1 fully saturated rings. The molecule has 1 aromatic rings. The summed E-state index contributed by atoms with van der Waals surface area (Å²) in [5, 5.41) is 4.20. The monoisotopic (exact) mass is 204 g/mol. The zero-order valence-electron chi connectivity index (χ0n) is 9.12. The predicted molar refractivity (Wildman–Crippen MR) is 56.8 cm³/mol. The van der Waals surface area contributed by atoms with E-state index in [1.54, 1.807) is 6.20 Å². The maximum Gasteiger partial charge on any atom is 0.172 e. The molecule has 1 aromatic heterocycles. The molecule has 2 aliphatic rings. The van der Waals surface area contributed by atoms with Gasteiger partial charge in [-0.2, -0.15) is 5.10 Å². The summed E-state index contributed by atoms with van der Waals surface area (Å²) in [5.74, 6) is 0.370. The number of nitrogens with zero attached hydrogens (tertiary/aromatic N) is 2. The average Bonchev–Trinajstić information content (AvgIpc) is 2.82. The molecule has 3 rings (SSSR count). The lowest BCUT2D eigenvalue weighted by atomic mass is 9.71. The fraction of sp³-hybridized carbons (Fsp3) is 0.667. The van der Waals surface area contributed by atoms with Crippen LogP contribution in [0.5, 0.6) is 0 Å². The van der Waals surface area contributed by atoms with Gasteiger partial charge in [0.05, 0.1) is 11.8 Å². The molecule has 15 heavy (non-hydrogen) atoms. The van der Waals surface area contributed by atoms with E-state index in [1.807, 2.05) is 11.7 Å². The predicted octanol–water partition coefficient (Wildman–Crippen LogP) is 2.11. The van der Waals surface area contributed by atoms with Crippen LogP contribution in [-0.2, 0) is 13.5 Å². The number of ketones is 1. The second-order valence-electron chi connectivity index (χ2n) is 4.95. The van der Waals surface area contributed by atoms with Crippen LogP contribution in [0, 0.1) is 5.41 Å². The SMILES string of the molecule is Cn1ncc2c1CCC1(CCCC1)C2=O. The van der Waals surface area contributed by atoms with Crippen molar-refractivity contribution >= 4 is 5.78 Å². The fourth-order valence-electron chi connectivity index (χ4n) is 3.23. The second-order valence-corrected chi connectivity index (χ2v) is 4.95. The van der Waals surface area contributed by atoms with Gasteiger partial charge in [-0.3, -0.25) is 9.48 Å². The van der Waals surface area contributed by atoms with E-state index in [0.29, 0.717) is 5.78 Å². The van der Waals surface area contributed by atoms with Crippen molar-refractivity contribution in [3.05, 3.63) is 17.5 Å². The van der Waals surface area contributed by atoms with Crippen LogP contribution < -0.4 is 0 Å². The first-order valence-corrected chi connectivity index (χ1v) is 5.79. The zero-order chi connectivity index (χ0) is 10.5. The van der Waals surface area contributed by atoms with E-state index in [9.17, 15) is 4.79 Å². The summed E-state index contributed by atoms with van der Waals surface area (Å²) in [6.07, 6.45) is 8.47. The van der Waals surface area contributed by atoms with Gasteiger partial charge in [0.2, 0.25) is 0 Å². The quantitative estimate of drug-likeness (QED) is 0.648. The van der Waals surface area contributed by atoms with Gasteiger partial charge in [0.25, 0.3) is 0 Å². The maximum atomic E-state index is 12.4. The molecule has 0 unspecified atom stereocenters. The summed E-state index contributed by atoms with van der Waals surface area (Å²) in [6.45, 7) is 0. The standard InChI is InChI=1S/C12H16N2O/c1-14-10-4-7-12(5-2-3-6-12)11(15)9(10)8-13-14/h8H,2-7H2,1H3. The summed E-state index contributed by atoms with van der Waals surface area (Å²) in [6, 6.07) is 0. The number of rotatable bonds is 0. The summed E-state index contributed by atoms with van der Waals surface area (Å²) < 4.78 is 1.86. The van der Waals surface area contributed by atoms with Crippen LogP contribution in [0.2, 0.25) is 0 Å². The largest absolute Gasteiger partial charge is 0.293 e. The van der Waals surface area contributed by atoms with Crippen molar-refractivity contribution in [2.75, 3.05) is 0 Å². The van der Waals surface area contributed by atoms with Gasteiger partial charge in [-0.15, -0.1) is 0 Å². The van der Waals surface area contributed by atoms with Crippen molar-refractivity contribution in [1.82, 2.24) is 9.78 Å². The van der Waals surface area contributed by atoms with Gasteiger partial charge in [0.15, 0.2) is 5.78 Å². The molecule has 0 aliphatic heterocycles. The Balaban J connectivity index is 2.06. The molecule has 1 saturated carbocycles. The highest BCUT2D eigenvalue weighted by Gasteiger charge is 2.45. The lowest BCUT2D eigenvalue weighted by Gasteiger charge is -2.31. The molecule has 3 nitrogen and oxygen atoms in total. The van der Waals surface area contributed by atoms with Gasteiger partial charge >= 0.3 is 0 Å². The van der Waals surface area contributed by atoms with Crippen molar-refractivity contribution in [2.24, 2.45) is 12.5 Å². The highest BCUT2D eigenvalue weighted by atomic mass is 16.1. The van der Waals surface area contributed by atoms with E-state index >= 15 is 0 Å². The molecule has 0 saturated heterocycles. The molecule has 0 radical (unpaired) electrons. The van der Waals surface area contributed by atoms with E-state index in [4.69, 9.17) is 0 Å². The smallest absolute Gasteiger partial charge is 0.172 e. The van der Waals surface area contributed by atoms with Crippen molar-refractivity contribution in [2.45, 2.75) is 38.5 Å². The number of carbonyl (C=O) groups is 1. The molecule has 1 heterocycles. The summed E-state index contributed by atoms with van der Waals surface area (Å²) in [4.78, 5) is 12.4. The fourth-order valence-corrected chi connectivity index (χ4v) is 3.23. The summed E-state index contributed by atoms with van der Waals surface area (Å²) >= 11 is 0. The van der Waals surface area contributed by atoms with Crippen LogP contribution in [0.15, 0.2) is 6.20 Å². The number of aryl methyl sites for hydroxylation is 1. The number of hydrogen-bond acceptors (Lipinski definition) is 2. The Morgan fingerprint density at radius 1 is 1.33 bits per heavy atom. The lowest BCUT2D eigenvalue weighted by molar-refractivity contribution is 0.0764. The normalized spacial score (nSPS) is 23.4. The van der Waals surface area contributed by atoms with E-state index in [2.05, 4.69) is 5.10 Å². The van der Waals surface area contributed by atoms with Crippen LogP contribution in [0.4, 0.5) is 0 Å². The third-order valence-electron chi connectivity index (χ3n) is 4.19. The Morgan fingerprint density at radius 2 is 2.07 bits per heavy atom. The Morgan fingerprint density at radius 3 is 2.80 bits per heavy atom. The molecular weight excluding hydrogens is 188 g/mol. The number of carbonyl (C=O) groups excluding carboxylic acids is 1. The number of Topliss-reactive ketones (excluding diaryl/α,β-unsaturated/α-hetero) is 1. The van der Waals surface area contributed by atoms with Gasteiger partial charge < -0.3 is 0 Å². The van der Waals surface area contributed by atoms with E-state index in [0.717, 1.165) is 36.9 Å². The minimum Gasteiger partial charge on any atom is -0.293 e. The van der Waals surface area contributed by atoms with Crippen molar-refractivity contribution in [1.29, 1.82) is 0 Å². The molecule has 0 amide bonds. The third-order valence-corrected chi connectivity index (χ3v) is 4.19. The molecule has 3 heteroatoms. The maximum absolute atomic E-state index is 12.4. The average molecular weight is 204 g/mol. The topological polar surface area (TPSA) is 34.9 Å². The van der Waals surface area contributed by atoms with Gasteiger partial charge in [0.1, 0.15) is 0 Å². The molecule has 1 spiro atoms. The van der Waals surface area contributed by atoms with E-state index < -0.39 is 0 Å². The van der Waals surface area contributed by atoms with Gasteiger partial charge in [-0.05, 0) is 25.7 Å². The Kier molecular flexibility index (Phi) is 1.79. The first-order valence-electron chi connectivity index (χ1n) is 5.79. The lowest BCUT2D eigenvalue weighted by Crippen LogP contribution is -2.33. The molecule has 2 aliphatic carbocycles. The van der Waals surface area contributed by atoms with Crippen LogP contribution in [-0.4, -0.2) is 15.6 Å². The summed E-state index contributed by atoms with van der Waals surface area (Å²) in [5.41, 5.74) is 2.03. The Hall–Kier alpha value is -1.12. The second kappa shape index (κ2) is 2.94. The molecular formula is C12H16N2O. The highest BCUT2D eigenvalue weighted by molar-refractivity contribution is 6.02. The van der Waals surface area contributed by atoms with Gasteiger partial charge in [0, 0.05) is 18.2 Å². The molecule has 0 aromatic carbocycles. The van der Waals surface area contributed by atoms with Crippen LogP contribution in [0.3, 0.4) is 0 Å². The molecule has 0 atom stereocenters. The molecule has 0 N–H and O–H groups in total.